The van der Waals surface area contributed by atoms with Gasteiger partial charge in [0.2, 0.25) is 5.91 Å². The first-order valence-electron chi connectivity index (χ1n) is 10.5. The fourth-order valence-corrected chi connectivity index (χ4v) is 4.87. The Morgan fingerprint density at radius 1 is 1.17 bits per heavy atom. The Morgan fingerprint density at radius 2 is 2.00 bits per heavy atom. The van der Waals surface area contributed by atoms with Crippen molar-refractivity contribution in [3.05, 3.63) is 54.4 Å². The number of carbonyl (C=O) groups excluding carboxylic acids is 1. The van der Waals surface area contributed by atoms with E-state index in [1.807, 2.05) is 49.5 Å². The van der Waals surface area contributed by atoms with Gasteiger partial charge >= 0.3 is 0 Å². The molecule has 0 radical (unpaired) electrons. The summed E-state index contributed by atoms with van der Waals surface area (Å²) in [5.41, 5.74) is 2.86. The normalized spacial score (nSPS) is 18.9. The van der Waals surface area contributed by atoms with Crippen LogP contribution in [0.5, 0.6) is 0 Å². The summed E-state index contributed by atoms with van der Waals surface area (Å²) in [5.74, 6) is 1.64. The molecule has 156 valence electrons. The summed E-state index contributed by atoms with van der Waals surface area (Å²) in [6.45, 7) is 4.29. The predicted octanol–water partition coefficient (Wildman–Crippen LogP) is 5.13. The maximum atomic E-state index is 12.6. The van der Waals surface area contributed by atoms with Gasteiger partial charge in [0.05, 0.1) is 5.75 Å². The van der Waals surface area contributed by atoms with E-state index in [-0.39, 0.29) is 5.91 Å². The SMILES string of the molecule is Cc1ccccc1NC(=O)CSc1nnc(-c2cccnc2)n1[C@@H]1CCCC[C@@H]1C. The lowest BCUT2D eigenvalue weighted by Crippen LogP contribution is -2.23. The summed E-state index contributed by atoms with van der Waals surface area (Å²) in [4.78, 5) is 16.8. The van der Waals surface area contributed by atoms with Gasteiger partial charge in [-0.05, 0) is 49.4 Å². The number of aromatic nitrogens is 4. The van der Waals surface area contributed by atoms with E-state index >= 15 is 0 Å². The van der Waals surface area contributed by atoms with E-state index in [1.165, 1.54) is 31.0 Å². The fraction of sp³-hybridized carbons (Fsp3) is 0.391. The van der Waals surface area contributed by atoms with Crippen LogP contribution in [0.3, 0.4) is 0 Å². The van der Waals surface area contributed by atoms with Crippen LogP contribution in [-0.2, 0) is 4.79 Å². The maximum Gasteiger partial charge on any atom is 0.234 e. The van der Waals surface area contributed by atoms with Gasteiger partial charge in [0.1, 0.15) is 0 Å². The molecule has 0 bridgehead atoms. The van der Waals surface area contributed by atoms with Crippen molar-refractivity contribution in [1.82, 2.24) is 19.7 Å². The minimum absolute atomic E-state index is 0.0385. The molecule has 0 saturated heterocycles. The second-order valence-corrected chi connectivity index (χ2v) is 8.84. The lowest BCUT2D eigenvalue weighted by molar-refractivity contribution is -0.113. The number of amides is 1. The number of para-hydroxylation sites is 1. The molecule has 4 rings (SSSR count). The largest absolute Gasteiger partial charge is 0.325 e. The molecule has 1 saturated carbocycles. The zero-order valence-electron chi connectivity index (χ0n) is 17.4. The summed E-state index contributed by atoms with van der Waals surface area (Å²) in [6, 6.07) is 12.1. The topological polar surface area (TPSA) is 72.7 Å². The minimum Gasteiger partial charge on any atom is -0.325 e. The molecule has 1 amide bonds. The molecule has 7 heteroatoms. The third-order valence-corrected chi connectivity index (χ3v) is 6.68. The molecule has 1 aromatic carbocycles. The molecule has 1 N–H and O–H groups in total. The molecule has 0 unspecified atom stereocenters. The van der Waals surface area contributed by atoms with Crippen LogP contribution in [0.25, 0.3) is 11.4 Å². The predicted molar refractivity (Wildman–Crippen MR) is 120 cm³/mol. The van der Waals surface area contributed by atoms with E-state index < -0.39 is 0 Å². The van der Waals surface area contributed by atoms with Gasteiger partial charge in [-0.25, -0.2) is 0 Å². The Labute approximate surface area is 181 Å². The molecule has 1 fully saturated rings. The Bertz CT molecular complexity index is 1000. The third-order valence-electron chi connectivity index (χ3n) is 5.73. The third kappa shape index (κ3) is 4.56. The summed E-state index contributed by atoms with van der Waals surface area (Å²) < 4.78 is 2.24. The first kappa shape index (κ1) is 20.6. The first-order valence-corrected chi connectivity index (χ1v) is 11.5. The van der Waals surface area contributed by atoms with E-state index in [1.54, 1.807) is 6.20 Å². The average Bonchev–Trinajstić information content (AvgIpc) is 3.18. The van der Waals surface area contributed by atoms with Crippen molar-refractivity contribution in [2.75, 3.05) is 11.1 Å². The van der Waals surface area contributed by atoms with Crippen LogP contribution in [0, 0.1) is 12.8 Å². The number of aryl methyl sites for hydroxylation is 1. The van der Waals surface area contributed by atoms with Gasteiger partial charge in [-0.3, -0.25) is 14.3 Å². The number of hydrogen-bond acceptors (Lipinski definition) is 5. The van der Waals surface area contributed by atoms with E-state index in [2.05, 4.69) is 32.0 Å². The second-order valence-electron chi connectivity index (χ2n) is 7.90. The van der Waals surface area contributed by atoms with E-state index in [4.69, 9.17) is 0 Å². The Morgan fingerprint density at radius 3 is 2.77 bits per heavy atom. The van der Waals surface area contributed by atoms with E-state index in [0.29, 0.717) is 17.7 Å². The molecule has 6 nitrogen and oxygen atoms in total. The van der Waals surface area contributed by atoms with E-state index in [9.17, 15) is 4.79 Å². The van der Waals surface area contributed by atoms with Crippen LogP contribution in [0.4, 0.5) is 5.69 Å². The maximum absolute atomic E-state index is 12.6. The van der Waals surface area contributed by atoms with Crippen LogP contribution in [-0.4, -0.2) is 31.4 Å². The average molecular weight is 422 g/mol. The molecule has 3 aromatic rings. The van der Waals surface area contributed by atoms with Crippen LogP contribution in [0.15, 0.2) is 53.9 Å². The first-order chi connectivity index (χ1) is 14.6. The summed E-state index contributed by atoms with van der Waals surface area (Å²) in [5, 5.41) is 12.8. The number of benzene rings is 1. The van der Waals surface area contributed by atoms with Gasteiger partial charge in [0.25, 0.3) is 0 Å². The highest BCUT2D eigenvalue weighted by Crippen LogP contribution is 2.38. The molecule has 1 aliphatic carbocycles. The summed E-state index contributed by atoms with van der Waals surface area (Å²) in [7, 11) is 0. The molecule has 1 aliphatic rings. The number of hydrogen-bond donors (Lipinski definition) is 1. The lowest BCUT2D eigenvalue weighted by atomic mass is 9.85. The zero-order valence-corrected chi connectivity index (χ0v) is 18.2. The van der Waals surface area contributed by atoms with Crippen LogP contribution >= 0.6 is 11.8 Å². The molecule has 0 aliphatic heterocycles. The van der Waals surface area contributed by atoms with Crippen molar-refractivity contribution in [3.63, 3.8) is 0 Å². The van der Waals surface area contributed by atoms with Gasteiger partial charge in [-0.15, -0.1) is 10.2 Å². The van der Waals surface area contributed by atoms with Crippen LogP contribution < -0.4 is 5.32 Å². The van der Waals surface area contributed by atoms with Gasteiger partial charge in [0.15, 0.2) is 11.0 Å². The van der Waals surface area contributed by atoms with Crippen LogP contribution in [0.2, 0.25) is 0 Å². The van der Waals surface area contributed by atoms with Crippen molar-refractivity contribution in [1.29, 1.82) is 0 Å². The fourth-order valence-electron chi connectivity index (χ4n) is 4.08. The second kappa shape index (κ2) is 9.43. The van der Waals surface area contributed by atoms with Crippen molar-refractivity contribution < 1.29 is 4.79 Å². The van der Waals surface area contributed by atoms with Crippen molar-refractivity contribution >= 4 is 23.4 Å². The lowest BCUT2D eigenvalue weighted by Gasteiger charge is -2.31. The number of pyridine rings is 1. The monoisotopic (exact) mass is 421 g/mol. The highest BCUT2D eigenvalue weighted by Gasteiger charge is 2.29. The van der Waals surface area contributed by atoms with Gasteiger partial charge in [0, 0.05) is 29.7 Å². The minimum atomic E-state index is -0.0385. The zero-order chi connectivity index (χ0) is 20.9. The van der Waals surface area contributed by atoms with Gasteiger partial charge < -0.3 is 5.32 Å². The molecule has 2 heterocycles. The quantitative estimate of drug-likeness (QED) is 0.559. The Balaban J connectivity index is 1.56. The number of rotatable bonds is 6. The molecular formula is C23H27N5OS. The van der Waals surface area contributed by atoms with Crippen molar-refractivity contribution in [2.24, 2.45) is 5.92 Å². The summed E-state index contributed by atoms with van der Waals surface area (Å²) >= 11 is 1.45. The van der Waals surface area contributed by atoms with Crippen molar-refractivity contribution in [2.45, 2.75) is 50.7 Å². The molecule has 2 aromatic heterocycles. The van der Waals surface area contributed by atoms with Crippen molar-refractivity contribution in [3.8, 4) is 11.4 Å². The van der Waals surface area contributed by atoms with Crippen LogP contribution in [0.1, 0.15) is 44.2 Å². The molecular weight excluding hydrogens is 394 g/mol. The highest BCUT2D eigenvalue weighted by atomic mass is 32.2. The number of nitrogens with zero attached hydrogens (tertiary/aromatic N) is 4. The number of nitrogens with one attached hydrogen (secondary N) is 1. The summed E-state index contributed by atoms with van der Waals surface area (Å²) in [6.07, 6.45) is 8.37. The van der Waals surface area contributed by atoms with Gasteiger partial charge in [-0.2, -0.15) is 0 Å². The Hall–Kier alpha value is -2.67. The molecule has 0 spiro atoms. The standard InChI is InChI=1S/C23H27N5OS/c1-16-8-3-5-11-19(16)25-21(29)15-30-23-27-26-22(18-10-7-13-24-14-18)28(23)20-12-6-4-9-17(20)2/h3,5,7-8,10-11,13-14,17,20H,4,6,9,12,15H2,1-2H3,(H,25,29)/t17-,20+/m0/s1. The Kier molecular flexibility index (Phi) is 6.47. The molecule has 2 atom stereocenters. The van der Waals surface area contributed by atoms with Gasteiger partial charge in [-0.1, -0.05) is 49.7 Å². The smallest absolute Gasteiger partial charge is 0.234 e. The highest BCUT2D eigenvalue weighted by molar-refractivity contribution is 7.99. The van der Waals surface area contributed by atoms with E-state index in [0.717, 1.165) is 34.2 Å². The number of carbonyl (C=O) groups is 1. The number of thioether (sulfide) groups is 1. The number of anilines is 1. The molecule has 30 heavy (non-hydrogen) atoms.